The molecule has 3 heteroatoms. The first-order valence-electron chi connectivity index (χ1n) is 8.25. The summed E-state index contributed by atoms with van der Waals surface area (Å²) in [5.74, 6) is 0.977. The molecule has 0 saturated heterocycles. The zero-order valence-corrected chi connectivity index (χ0v) is 13.3. The number of amides is 1. The molecule has 1 aromatic carbocycles. The first-order chi connectivity index (χ1) is 10.3. The van der Waals surface area contributed by atoms with Gasteiger partial charge in [0.2, 0.25) is 5.91 Å². The second-order valence-electron chi connectivity index (χ2n) is 5.91. The topological polar surface area (TPSA) is 38.3 Å². The summed E-state index contributed by atoms with van der Waals surface area (Å²) >= 11 is 0. The highest BCUT2D eigenvalue weighted by Crippen LogP contribution is 2.37. The molecule has 0 fully saturated rings. The monoisotopic (exact) mass is 289 g/mol. The number of hydrogen-bond donors (Lipinski definition) is 1. The highest BCUT2D eigenvalue weighted by Gasteiger charge is 2.30. The lowest BCUT2D eigenvalue weighted by atomic mass is 9.94. The maximum atomic E-state index is 12.1. The molecule has 0 saturated carbocycles. The van der Waals surface area contributed by atoms with Gasteiger partial charge in [0, 0.05) is 5.69 Å². The van der Waals surface area contributed by atoms with Crippen LogP contribution < -0.4 is 10.1 Å². The highest BCUT2D eigenvalue weighted by molar-refractivity contribution is 6.03. The molecule has 1 amide bonds. The van der Waals surface area contributed by atoms with Gasteiger partial charge < -0.3 is 10.1 Å². The summed E-state index contributed by atoms with van der Waals surface area (Å²) in [6.07, 6.45) is 9.90. The van der Waals surface area contributed by atoms with Crippen molar-refractivity contribution in [1.29, 1.82) is 0 Å². The van der Waals surface area contributed by atoms with Crippen LogP contribution in [0, 0.1) is 0 Å². The van der Waals surface area contributed by atoms with Crippen LogP contribution in [0.5, 0.6) is 5.75 Å². The smallest absolute Gasteiger partial charge is 0.232 e. The molecule has 1 heterocycles. The maximum absolute atomic E-state index is 12.1. The van der Waals surface area contributed by atoms with Crippen LogP contribution >= 0.6 is 0 Å². The molecule has 1 aromatic rings. The Kier molecular flexibility index (Phi) is 6.09. The minimum absolute atomic E-state index is 0.00532. The molecule has 21 heavy (non-hydrogen) atoms. The van der Waals surface area contributed by atoms with E-state index in [1.54, 1.807) is 7.11 Å². The predicted octanol–water partition coefficient (Wildman–Crippen LogP) is 4.87. The molecule has 1 N–H and O–H groups in total. The van der Waals surface area contributed by atoms with Crippen LogP contribution in [0.15, 0.2) is 18.2 Å². The first-order valence-corrected chi connectivity index (χ1v) is 8.25. The Bertz CT molecular complexity index is 470. The number of nitrogens with one attached hydrogen (secondary N) is 1. The van der Waals surface area contributed by atoms with Crippen molar-refractivity contribution in [1.82, 2.24) is 0 Å². The summed E-state index contributed by atoms with van der Waals surface area (Å²) in [6, 6.07) is 5.84. The quantitative estimate of drug-likeness (QED) is 0.658. The van der Waals surface area contributed by atoms with E-state index < -0.39 is 0 Å². The minimum atomic E-state index is 0.00532. The molecule has 0 aromatic heterocycles. The highest BCUT2D eigenvalue weighted by atomic mass is 16.5. The maximum Gasteiger partial charge on any atom is 0.232 e. The molecule has 116 valence electrons. The molecule has 1 aliphatic heterocycles. The number of fused-ring (bicyclic) bond motifs is 1. The van der Waals surface area contributed by atoms with Crippen molar-refractivity contribution in [3.63, 3.8) is 0 Å². The fraction of sp³-hybridized carbons (Fsp3) is 0.611. The van der Waals surface area contributed by atoms with Gasteiger partial charge in [0.05, 0.1) is 13.0 Å². The van der Waals surface area contributed by atoms with Gasteiger partial charge in [-0.1, -0.05) is 51.9 Å². The van der Waals surface area contributed by atoms with Gasteiger partial charge in [-0.25, -0.2) is 0 Å². The van der Waals surface area contributed by atoms with E-state index in [1.807, 2.05) is 18.2 Å². The molecular formula is C18H27NO2. The molecule has 0 spiro atoms. The number of ether oxygens (including phenoxy) is 1. The second-order valence-corrected chi connectivity index (χ2v) is 5.91. The van der Waals surface area contributed by atoms with Crippen molar-refractivity contribution < 1.29 is 9.53 Å². The standard InChI is InChI=1S/C18H27NO2/c1-3-4-5-6-7-8-9-10-15-16-13-14(21-2)11-12-17(16)19-18(15)20/h11-13,15H,3-10H2,1-2H3,(H,19,20). The Morgan fingerprint density at radius 1 is 1.10 bits per heavy atom. The Balaban J connectivity index is 1.80. The van der Waals surface area contributed by atoms with Crippen molar-refractivity contribution in [3.8, 4) is 5.75 Å². The number of anilines is 1. The summed E-state index contributed by atoms with van der Waals surface area (Å²) in [5.41, 5.74) is 2.05. The second kappa shape index (κ2) is 8.06. The van der Waals surface area contributed by atoms with Crippen molar-refractivity contribution in [2.24, 2.45) is 0 Å². The molecule has 1 unspecified atom stereocenters. The van der Waals surface area contributed by atoms with Gasteiger partial charge in [0.25, 0.3) is 0 Å². The molecular weight excluding hydrogens is 262 g/mol. The van der Waals surface area contributed by atoms with E-state index in [9.17, 15) is 4.79 Å². The van der Waals surface area contributed by atoms with E-state index in [1.165, 1.54) is 38.5 Å². The van der Waals surface area contributed by atoms with E-state index >= 15 is 0 Å². The first kappa shape index (κ1) is 15.9. The van der Waals surface area contributed by atoms with Gasteiger partial charge in [-0.15, -0.1) is 0 Å². The average molecular weight is 289 g/mol. The fourth-order valence-electron chi connectivity index (χ4n) is 3.02. The van der Waals surface area contributed by atoms with Crippen molar-refractivity contribution in [2.45, 2.75) is 64.2 Å². The number of carbonyl (C=O) groups excluding carboxylic acids is 1. The van der Waals surface area contributed by atoms with Gasteiger partial charge in [-0.3, -0.25) is 4.79 Å². The number of rotatable bonds is 9. The van der Waals surface area contributed by atoms with Crippen LogP contribution in [0.1, 0.15) is 69.8 Å². The molecule has 1 atom stereocenters. The van der Waals surface area contributed by atoms with E-state index in [-0.39, 0.29) is 11.8 Å². The third-order valence-electron chi connectivity index (χ3n) is 4.30. The van der Waals surface area contributed by atoms with Crippen LogP contribution in [0.3, 0.4) is 0 Å². The number of methoxy groups -OCH3 is 1. The van der Waals surface area contributed by atoms with E-state index in [0.29, 0.717) is 0 Å². The molecule has 2 rings (SSSR count). The minimum Gasteiger partial charge on any atom is -0.497 e. The van der Waals surface area contributed by atoms with Gasteiger partial charge in [-0.05, 0) is 30.2 Å². The zero-order chi connectivity index (χ0) is 15.1. The predicted molar refractivity (Wildman–Crippen MR) is 87.0 cm³/mol. The van der Waals surface area contributed by atoms with E-state index in [4.69, 9.17) is 4.74 Å². The van der Waals surface area contributed by atoms with Gasteiger partial charge in [0.1, 0.15) is 5.75 Å². The Labute approximate surface area is 128 Å². The number of hydrogen-bond acceptors (Lipinski definition) is 2. The largest absolute Gasteiger partial charge is 0.497 e. The third-order valence-corrected chi connectivity index (χ3v) is 4.30. The van der Waals surface area contributed by atoms with Crippen LogP contribution in [-0.2, 0) is 4.79 Å². The molecule has 1 aliphatic rings. The molecule has 0 bridgehead atoms. The van der Waals surface area contributed by atoms with E-state index in [0.717, 1.165) is 29.8 Å². The lowest BCUT2D eigenvalue weighted by Gasteiger charge is -2.09. The Hall–Kier alpha value is -1.51. The van der Waals surface area contributed by atoms with Crippen LogP contribution in [0.25, 0.3) is 0 Å². The summed E-state index contributed by atoms with van der Waals surface area (Å²) in [5, 5.41) is 2.97. The SMILES string of the molecule is CCCCCCCCCC1C(=O)Nc2ccc(OC)cc21. The van der Waals surface area contributed by atoms with Crippen molar-refractivity contribution in [3.05, 3.63) is 23.8 Å². The summed E-state index contributed by atoms with van der Waals surface area (Å²) < 4.78 is 5.26. The summed E-state index contributed by atoms with van der Waals surface area (Å²) in [4.78, 5) is 12.1. The Morgan fingerprint density at radius 2 is 1.81 bits per heavy atom. The van der Waals surface area contributed by atoms with Gasteiger partial charge in [0.15, 0.2) is 0 Å². The van der Waals surface area contributed by atoms with E-state index in [2.05, 4.69) is 12.2 Å². The van der Waals surface area contributed by atoms with Crippen molar-refractivity contribution >= 4 is 11.6 Å². The van der Waals surface area contributed by atoms with Gasteiger partial charge in [-0.2, -0.15) is 0 Å². The Morgan fingerprint density at radius 3 is 2.52 bits per heavy atom. The fourth-order valence-corrected chi connectivity index (χ4v) is 3.02. The third kappa shape index (κ3) is 4.23. The molecule has 3 nitrogen and oxygen atoms in total. The molecule has 0 radical (unpaired) electrons. The number of carbonyl (C=O) groups is 1. The van der Waals surface area contributed by atoms with Crippen LogP contribution in [0.4, 0.5) is 5.69 Å². The molecule has 0 aliphatic carbocycles. The normalized spacial score (nSPS) is 16.7. The van der Waals surface area contributed by atoms with Gasteiger partial charge >= 0.3 is 0 Å². The zero-order valence-electron chi connectivity index (χ0n) is 13.3. The van der Waals surface area contributed by atoms with Crippen molar-refractivity contribution in [2.75, 3.05) is 12.4 Å². The summed E-state index contributed by atoms with van der Waals surface area (Å²) in [6.45, 7) is 2.24. The lowest BCUT2D eigenvalue weighted by Crippen LogP contribution is -2.11. The summed E-state index contributed by atoms with van der Waals surface area (Å²) in [7, 11) is 1.66. The average Bonchev–Trinajstić information content (AvgIpc) is 2.81. The lowest BCUT2D eigenvalue weighted by molar-refractivity contribution is -0.117. The van der Waals surface area contributed by atoms with Crippen LogP contribution in [-0.4, -0.2) is 13.0 Å². The van der Waals surface area contributed by atoms with Crippen LogP contribution in [0.2, 0.25) is 0 Å². The number of unbranched alkanes of at least 4 members (excludes halogenated alkanes) is 6. The number of benzene rings is 1.